The van der Waals surface area contributed by atoms with Gasteiger partial charge in [0.15, 0.2) is 6.61 Å². The van der Waals surface area contributed by atoms with Gasteiger partial charge in [-0.15, -0.1) is 0 Å². The summed E-state index contributed by atoms with van der Waals surface area (Å²) in [6.07, 6.45) is -4.42. The van der Waals surface area contributed by atoms with Crippen LogP contribution < -0.4 is 4.74 Å². The minimum atomic E-state index is -4.55. The maximum atomic E-state index is 13.4. The fourth-order valence-electron chi connectivity index (χ4n) is 2.85. The van der Waals surface area contributed by atoms with Crippen LogP contribution in [0, 0.1) is 6.92 Å². The number of carboxylic acids is 1. The number of carbonyl (C=O) groups is 1. The van der Waals surface area contributed by atoms with Crippen molar-refractivity contribution in [3.05, 3.63) is 64.2 Å². The van der Waals surface area contributed by atoms with E-state index in [0.717, 1.165) is 22.8 Å². The van der Waals surface area contributed by atoms with Crippen LogP contribution in [-0.4, -0.2) is 17.7 Å². The van der Waals surface area contributed by atoms with Gasteiger partial charge in [0.25, 0.3) is 0 Å². The second-order valence-corrected chi connectivity index (χ2v) is 6.52. The number of hydrogen-bond donors (Lipinski definition) is 1. The summed E-state index contributed by atoms with van der Waals surface area (Å²) >= 11 is 0. The van der Waals surface area contributed by atoms with E-state index in [2.05, 4.69) is 0 Å². The van der Waals surface area contributed by atoms with E-state index in [1.165, 1.54) is 12.1 Å². The van der Waals surface area contributed by atoms with Crippen LogP contribution in [0.15, 0.2) is 36.4 Å². The summed E-state index contributed by atoms with van der Waals surface area (Å²) in [5, 5.41) is 8.60. The predicted octanol–water partition coefficient (Wildman–Crippen LogP) is 5.19. The highest BCUT2D eigenvalue weighted by Gasteiger charge is 2.33. The minimum absolute atomic E-state index is 0.116. The molecule has 0 aromatic heterocycles. The number of hydrogen-bond acceptors (Lipinski definition) is 2. The minimum Gasteiger partial charge on any atom is -0.482 e. The first-order valence-electron chi connectivity index (χ1n) is 8.22. The first-order valence-corrected chi connectivity index (χ1v) is 8.22. The Labute approximate surface area is 150 Å². The van der Waals surface area contributed by atoms with Crippen LogP contribution in [0.2, 0.25) is 0 Å². The molecule has 0 radical (unpaired) electrons. The van der Waals surface area contributed by atoms with E-state index in [0.29, 0.717) is 0 Å². The van der Waals surface area contributed by atoms with Crippen molar-refractivity contribution >= 4 is 5.97 Å². The van der Waals surface area contributed by atoms with Crippen molar-refractivity contribution < 1.29 is 27.8 Å². The molecule has 2 aromatic carbocycles. The van der Waals surface area contributed by atoms with Crippen LogP contribution in [0.3, 0.4) is 0 Å². The summed E-state index contributed by atoms with van der Waals surface area (Å²) in [5.74, 6) is -1.08. The van der Waals surface area contributed by atoms with Crippen LogP contribution in [0.25, 0.3) is 0 Å². The third-order valence-corrected chi connectivity index (χ3v) is 4.11. The molecule has 0 aliphatic carbocycles. The average Bonchev–Trinajstić information content (AvgIpc) is 2.54. The van der Waals surface area contributed by atoms with Crippen LogP contribution >= 0.6 is 0 Å². The number of halogens is 3. The second kappa shape index (κ2) is 7.81. The lowest BCUT2D eigenvalue weighted by Crippen LogP contribution is -2.13. The number of alkyl halides is 3. The van der Waals surface area contributed by atoms with Crippen molar-refractivity contribution in [2.75, 3.05) is 6.61 Å². The summed E-state index contributed by atoms with van der Waals surface area (Å²) in [7, 11) is 0. The van der Waals surface area contributed by atoms with E-state index in [1.54, 1.807) is 0 Å². The van der Waals surface area contributed by atoms with Gasteiger partial charge in [0.2, 0.25) is 0 Å². The van der Waals surface area contributed by atoms with Gasteiger partial charge < -0.3 is 9.84 Å². The molecule has 6 heteroatoms. The molecular weight excluding hydrogens is 345 g/mol. The highest BCUT2D eigenvalue weighted by Crippen LogP contribution is 2.35. The Bertz CT molecular complexity index is 795. The van der Waals surface area contributed by atoms with E-state index in [9.17, 15) is 18.0 Å². The average molecular weight is 366 g/mol. The van der Waals surface area contributed by atoms with E-state index in [-0.39, 0.29) is 23.7 Å². The van der Waals surface area contributed by atoms with Crippen molar-refractivity contribution in [2.45, 2.75) is 39.3 Å². The van der Waals surface area contributed by atoms with Gasteiger partial charge in [-0.3, -0.25) is 0 Å². The monoisotopic (exact) mass is 366 g/mol. The number of aryl methyl sites for hydroxylation is 1. The molecule has 2 aromatic rings. The Morgan fingerprint density at radius 2 is 1.85 bits per heavy atom. The Hall–Kier alpha value is -2.50. The van der Waals surface area contributed by atoms with Gasteiger partial charge in [-0.1, -0.05) is 38.1 Å². The van der Waals surface area contributed by atoms with Gasteiger partial charge in [0.1, 0.15) is 5.75 Å². The molecule has 0 aliphatic heterocycles. The quantitative estimate of drug-likeness (QED) is 0.765. The van der Waals surface area contributed by atoms with Gasteiger partial charge in [-0.25, -0.2) is 4.79 Å². The van der Waals surface area contributed by atoms with Gasteiger partial charge in [0, 0.05) is 0 Å². The molecule has 0 heterocycles. The molecule has 0 saturated carbocycles. The predicted molar refractivity (Wildman–Crippen MR) is 92.6 cm³/mol. The zero-order valence-corrected chi connectivity index (χ0v) is 14.9. The van der Waals surface area contributed by atoms with E-state index in [1.807, 2.05) is 39.0 Å². The normalized spacial score (nSPS) is 11.7. The molecule has 0 bridgehead atoms. The Balaban J connectivity index is 2.36. The molecule has 0 unspecified atom stereocenters. The number of carboxylic acid groups (broad SMARTS) is 1. The Kier molecular flexibility index (Phi) is 5.95. The molecule has 26 heavy (non-hydrogen) atoms. The molecule has 3 nitrogen and oxygen atoms in total. The summed E-state index contributed by atoms with van der Waals surface area (Å²) in [4.78, 5) is 10.5. The zero-order chi connectivity index (χ0) is 19.5. The van der Waals surface area contributed by atoms with Gasteiger partial charge in [-0.2, -0.15) is 13.2 Å². The van der Waals surface area contributed by atoms with E-state index < -0.39 is 24.3 Å². The topological polar surface area (TPSA) is 46.5 Å². The fourth-order valence-corrected chi connectivity index (χ4v) is 2.85. The van der Waals surface area contributed by atoms with Crippen LogP contribution in [-0.2, 0) is 17.4 Å². The van der Waals surface area contributed by atoms with Gasteiger partial charge in [0.05, 0.1) is 5.56 Å². The first kappa shape index (κ1) is 19.8. The standard InChI is InChI=1S/C20H21F3O3/c1-12(2)17-9-14(5-4-13(17)3)8-15-6-7-16(26-11-19(24)25)10-18(15)20(21,22)23/h4-7,9-10,12H,8,11H2,1-3H3,(H,24,25). The molecular formula is C20H21F3O3. The first-order chi connectivity index (χ1) is 12.1. The lowest BCUT2D eigenvalue weighted by Gasteiger charge is -2.16. The molecule has 1 N–H and O–H groups in total. The van der Waals surface area contributed by atoms with Gasteiger partial charge in [-0.05, 0) is 53.6 Å². The third kappa shape index (κ3) is 5.00. The highest BCUT2D eigenvalue weighted by molar-refractivity contribution is 5.68. The van der Waals surface area contributed by atoms with Crippen molar-refractivity contribution in [3.8, 4) is 5.75 Å². The van der Waals surface area contributed by atoms with Crippen molar-refractivity contribution in [2.24, 2.45) is 0 Å². The largest absolute Gasteiger partial charge is 0.482 e. The molecule has 0 spiro atoms. The van der Waals surface area contributed by atoms with E-state index >= 15 is 0 Å². The molecule has 140 valence electrons. The smallest absolute Gasteiger partial charge is 0.416 e. The zero-order valence-electron chi connectivity index (χ0n) is 14.9. The molecule has 2 rings (SSSR count). The summed E-state index contributed by atoms with van der Waals surface area (Å²) in [6.45, 7) is 5.38. The summed E-state index contributed by atoms with van der Waals surface area (Å²) in [5.41, 5.74) is 2.32. The highest BCUT2D eigenvalue weighted by atomic mass is 19.4. The summed E-state index contributed by atoms with van der Waals surface area (Å²) in [6, 6.07) is 9.25. The number of benzene rings is 2. The Morgan fingerprint density at radius 1 is 1.15 bits per heavy atom. The van der Waals surface area contributed by atoms with Gasteiger partial charge >= 0.3 is 12.1 Å². The number of ether oxygens (including phenoxy) is 1. The SMILES string of the molecule is Cc1ccc(Cc2ccc(OCC(=O)O)cc2C(F)(F)F)cc1C(C)C. The molecule has 0 amide bonds. The van der Waals surface area contributed by atoms with Crippen molar-refractivity contribution in [3.63, 3.8) is 0 Å². The Morgan fingerprint density at radius 3 is 2.42 bits per heavy atom. The fraction of sp³-hybridized carbons (Fsp3) is 0.350. The van der Waals surface area contributed by atoms with Crippen molar-refractivity contribution in [1.29, 1.82) is 0 Å². The van der Waals surface area contributed by atoms with E-state index in [4.69, 9.17) is 9.84 Å². The number of rotatable bonds is 6. The van der Waals surface area contributed by atoms with Crippen LogP contribution in [0.5, 0.6) is 5.75 Å². The van der Waals surface area contributed by atoms with Crippen molar-refractivity contribution in [1.82, 2.24) is 0 Å². The third-order valence-electron chi connectivity index (χ3n) is 4.11. The van der Waals surface area contributed by atoms with Crippen LogP contribution in [0.1, 0.15) is 47.6 Å². The lowest BCUT2D eigenvalue weighted by atomic mass is 9.92. The molecule has 0 fully saturated rings. The number of aliphatic carboxylic acids is 1. The second-order valence-electron chi connectivity index (χ2n) is 6.52. The molecule has 0 atom stereocenters. The molecule has 0 saturated heterocycles. The molecule has 0 aliphatic rings. The van der Waals surface area contributed by atoms with Crippen LogP contribution in [0.4, 0.5) is 13.2 Å². The summed E-state index contributed by atoms with van der Waals surface area (Å²) < 4.78 is 45.2. The maximum absolute atomic E-state index is 13.4. The lowest BCUT2D eigenvalue weighted by molar-refractivity contribution is -0.139. The maximum Gasteiger partial charge on any atom is 0.416 e.